The van der Waals surface area contributed by atoms with Crippen molar-refractivity contribution < 1.29 is 19.1 Å². The quantitative estimate of drug-likeness (QED) is 0.369. The van der Waals surface area contributed by atoms with Crippen molar-refractivity contribution in [3.05, 3.63) is 23.8 Å². The van der Waals surface area contributed by atoms with Crippen molar-refractivity contribution in [2.24, 2.45) is 0 Å². The van der Waals surface area contributed by atoms with Gasteiger partial charge in [0.1, 0.15) is 0 Å². The molecule has 0 aliphatic rings. The van der Waals surface area contributed by atoms with Gasteiger partial charge < -0.3 is 25.8 Å². The molecule has 1 rings (SSSR count). The fraction of sp³-hybridized carbons (Fsp3) is 0.429. The number of nitrogen functional groups attached to an aromatic ring is 1. The molecule has 21 heavy (non-hydrogen) atoms. The van der Waals surface area contributed by atoms with Gasteiger partial charge >= 0.3 is 5.97 Å². The maximum absolute atomic E-state index is 11.8. The van der Waals surface area contributed by atoms with Crippen molar-refractivity contribution in [2.75, 3.05) is 44.5 Å². The lowest BCUT2D eigenvalue weighted by Crippen LogP contribution is -2.32. The van der Waals surface area contributed by atoms with Crippen LogP contribution in [0.2, 0.25) is 0 Å². The summed E-state index contributed by atoms with van der Waals surface area (Å²) in [5.74, 6) is -0.675. The summed E-state index contributed by atoms with van der Waals surface area (Å²) < 4.78 is 9.79. The number of carbonyl (C=O) groups excluding carboxylic acids is 2. The summed E-state index contributed by atoms with van der Waals surface area (Å²) in [6.45, 7) is 2.91. The number of esters is 1. The minimum absolute atomic E-state index is 0.0417. The van der Waals surface area contributed by atoms with E-state index in [-0.39, 0.29) is 19.1 Å². The summed E-state index contributed by atoms with van der Waals surface area (Å²) in [6, 6.07) is 4.81. The Morgan fingerprint density at radius 2 is 2.10 bits per heavy atom. The highest BCUT2D eigenvalue weighted by atomic mass is 16.5. The van der Waals surface area contributed by atoms with Crippen LogP contribution >= 0.6 is 0 Å². The highest BCUT2D eigenvalue weighted by Crippen LogP contribution is 2.19. The van der Waals surface area contributed by atoms with Gasteiger partial charge in [0.2, 0.25) is 5.91 Å². The first-order valence-electron chi connectivity index (χ1n) is 6.64. The van der Waals surface area contributed by atoms with Crippen molar-refractivity contribution >= 4 is 23.3 Å². The number of nitrogens with one attached hydrogen (secondary N) is 2. The summed E-state index contributed by atoms with van der Waals surface area (Å²) in [7, 11) is 1.56. The summed E-state index contributed by atoms with van der Waals surface area (Å²) in [6.07, 6.45) is 0. The number of anilines is 2. The lowest BCUT2D eigenvalue weighted by Gasteiger charge is -2.12. The standard InChI is InChI=1S/C14H21N3O4/c1-3-21-14(19)11-8-10(15)4-5-12(11)17-9-13(18)16-6-7-20-2/h4-5,8,17H,3,6-7,9,15H2,1-2H3,(H,16,18). The lowest BCUT2D eigenvalue weighted by atomic mass is 10.1. The van der Waals surface area contributed by atoms with E-state index in [1.165, 1.54) is 6.07 Å². The topological polar surface area (TPSA) is 103 Å². The molecular weight excluding hydrogens is 274 g/mol. The van der Waals surface area contributed by atoms with Crippen LogP contribution in [0, 0.1) is 0 Å². The first-order valence-corrected chi connectivity index (χ1v) is 6.64. The molecule has 1 aromatic rings. The zero-order chi connectivity index (χ0) is 15.7. The van der Waals surface area contributed by atoms with Gasteiger partial charge in [0.25, 0.3) is 0 Å². The van der Waals surface area contributed by atoms with Crippen LogP contribution in [0.15, 0.2) is 18.2 Å². The molecule has 7 nitrogen and oxygen atoms in total. The molecule has 0 atom stereocenters. The molecule has 7 heteroatoms. The number of methoxy groups -OCH3 is 1. The van der Waals surface area contributed by atoms with Crippen molar-refractivity contribution in [2.45, 2.75) is 6.92 Å². The number of benzene rings is 1. The van der Waals surface area contributed by atoms with E-state index in [9.17, 15) is 9.59 Å². The maximum atomic E-state index is 11.8. The van der Waals surface area contributed by atoms with Crippen LogP contribution in [-0.4, -0.2) is 45.3 Å². The Morgan fingerprint density at radius 3 is 2.76 bits per heavy atom. The smallest absolute Gasteiger partial charge is 0.340 e. The van der Waals surface area contributed by atoms with Gasteiger partial charge in [0.15, 0.2) is 0 Å². The van der Waals surface area contributed by atoms with Gasteiger partial charge in [-0.15, -0.1) is 0 Å². The molecule has 0 aromatic heterocycles. The molecule has 0 fully saturated rings. The van der Waals surface area contributed by atoms with E-state index < -0.39 is 5.97 Å². The number of ether oxygens (including phenoxy) is 2. The Balaban J connectivity index is 2.65. The number of rotatable bonds is 8. The molecule has 0 saturated carbocycles. The molecule has 0 aliphatic carbocycles. The minimum atomic E-state index is -0.480. The third kappa shape index (κ3) is 5.70. The number of nitrogens with two attached hydrogens (primary N) is 1. The zero-order valence-corrected chi connectivity index (χ0v) is 12.3. The van der Waals surface area contributed by atoms with Crippen LogP contribution < -0.4 is 16.4 Å². The minimum Gasteiger partial charge on any atom is -0.462 e. The molecule has 0 unspecified atom stereocenters. The van der Waals surface area contributed by atoms with Crippen LogP contribution in [0.1, 0.15) is 17.3 Å². The Kier molecular flexibility index (Phi) is 7.03. The molecule has 0 radical (unpaired) electrons. The Hall–Kier alpha value is -2.28. The van der Waals surface area contributed by atoms with Gasteiger partial charge in [-0.1, -0.05) is 0 Å². The van der Waals surface area contributed by atoms with E-state index in [2.05, 4.69) is 10.6 Å². The Bertz CT molecular complexity index is 491. The molecule has 1 amide bonds. The van der Waals surface area contributed by atoms with Gasteiger partial charge in [-0.3, -0.25) is 4.79 Å². The van der Waals surface area contributed by atoms with E-state index >= 15 is 0 Å². The summed E-state index contributed by atoms with van der Waals surface area (Å²) in [5.41, 5.74) is 6.93. The van der Waals surface area contributed by atoms with E-state index in [0.717, 1.165) is 0 Å². The van der Waals surface area contributed by atoms with E-state index in [1.807, 2.05) is 0 Å². The summed E-state index contributed by atoms with van der Waals surface area (Å²) in [5, 5.41) is 5.57. The van der Waals surface area contributed by atoms with Gasteiger partial charge in [0.05, 0.1) is 25.3 Å². The largest absolute Gasteiger partial charge is 0.462 e. The molecule has 4 N–H and O–H groups in total. The zero-order valence-electron chi connectivity index (χ0n) is 12.3. The summed E-state index contributed by atoms with van der Waals surface area (Å²) in [4.78, 5) is 23.4. The highest BCUT2D eigenvalue weighted by Gasteiger charge is 2.13. The third-order valence-corrected chi connectivity index (χ3v) is 2.61. The third-order valence-electron chi connectivity index (χ3n) is 2.61. The first-order chi connectivity index (χ1) is 10.1. The number of hydrogen-bond acceptors (Lipinski definition) is 6. The predicted octanol–water partition coefficient (Wildman–Crippen LogP) is 0.620. The second kappa shape index (κ2) is 8.80. The first kappa shape index (κ1) is 16.8. The second-order valence-corrected chi connectivity index (χ2v) is 4.22. The van der Waals surface area contributed by atoms with Gasteiger partial charge in [-0.05, 0) is 25.1 Å². The normalized spacial score (nSPS) is 10.0. The molecule has 1 aromatic carbocycles. The van der Waals surface area contributed by atoms with E-state index in [0.29, 0.717) is 30.1 Å². The van der Waals surface area contributed by atoms with Crippen molar-refractivity contribution in [3.8, 4) is 0 Å². The average Bonchev–Trinajstić information content (AvgIpc) is 2.46. The molecule has 0 bridgehead atoms. The van der Waals surface area contributed by atoms with Crippen LogP contribution in [0.3, 0.4) is 0 Å². The van der Waals surface area contributed by atoms with E-state index in [4.69, 9.17) is 15.2 Å². The molecule has 0 heterocycles. The van der Waals surface area contributed by atoms with Crippen molar-refractivity contribution in [1.82, 2.24) is 5.32 Å². The number of amides is 1. The molecular formula is C14H21N3O4. The fourth-order valence-electron chi connectivity index (χ4n) is 1.62. The molecule has 0 spiro atoms. The summed E-state index contributed by atoms with van der Waals surface area (Å²) >= 11 is 0. The Labute approximate surface area is 123 Å². The lowest BCUT2D eigenvalue weighted by molar-refractivity contribution is -0.119. The molecule has 0 aliphatic heterocycles. The molecule has 116 valence electrons. The van der Waals surface area contributed by atoms with Crippen LogP contribution in [-0.2, 0) is 14.3 Å². The second-order valence-electron chi connectivity index (χ2n) is 4.22. The van der Waals surface area contributed by atoms with Gasteiger partial charge in [0, 0.05) is 25.0 Å². The van der Waals surface area contributed by atoms with Gasteiger partial charge in [-0.2, -0.15) is 0 Å². The van der Waals surface area contributed by atoms with Crippen LogP contribution in [0.4, 0.5) is 11.4 Å². The SMILES string of the molecule is CCOC(=O)c1cc(N)ccc1NCC(=O)NCCOC. The maximum Gasteiger partial charge on any atom is 0.340 e. The van der Waals surface area contributed by atoms with Crippen LogP contribution in [0.5, 0.6) is 0 Å². The van der Waals surface area contributed by atoms with Crippen LogP contribution in [0.25, 0.3) is 0 Å². The number of hydrogen-bond donors (Lipinski definition) is 3. The predicted molar refractivity (Wildman–Crippen MR) is 80.2 cm³/mol. The van der Waals surface area contributed by atoms with Crippen molar-refractivity contribution in [3.63, 3.8) is 0 Å². The monoisotopic (exact) mass is 295 g/mol. The van der Waals surface area contributed by atoms with Crippen molar-refractivity contribution in [1.29, 1.82) is 0 Å². The fourth-order valence-corrected chi connectivity index (χ4v) is 1.62. The number of carbonyl (C=O) groups is 2. The van der Waals surface area contributed by atoms with Gasteiger partial charge in [-0.25, -0.2) is 4.79 Å². The highest BCUT2D eigenvalue weighted by molar-refractivity contribution is 5.97. The van der Waals surface area contributed by atoms with E-state index in [1.54, 1.807) is 26.2 Å². The Morgan fingerprint density at radius 1 is 1.33 bits per heavy atom. The average molecular weight is 295 g/mol. The molecule has 0 saturated heterocycles.